The van der Waals surface area contributed by atoms with Gasteiger partial charge in [0.1, 0.15) is 0 Å². The monoisotopic (exact) mass is 348 g/mol. The predicted octanol–water partition coefficient (Wildman–Crippen LogP) is 3.96. The summed E-state index contributed by atoms with van der Waals surface area (Å²) in [5.41, 5.74) is 4.64. The minimum absolute atomic E-state index is 0.346. The molecule has 132 valence electrons. The molecule has 0 unspecified atom stereocenters. The van der Waals surface area contributed by atoms with Crippen LogP contribution >= 0.6 is 0 Å². The molecule has 0 aliphatic heterocycles. The molecular formula is C21H20N2O3. The van der Waals surface area contributed by atoms with Gasteiger partial charge in [-0.3, -0.25) is 9.78 Å². The van der Waals surface area contributed by atoms with Crippen molar-refractivity contribution in [2.75, 3.05) is 11.9 Å². The molecular weight excluding hydrogens is 328 g/mol. The summed E-state index contributed by atoms with van der Waals surface area (Å²) >= 11 is 0. The first-order valence-corrected chi connectivity index (χ1v) is 8.34. The average Bonchev–Trinajstić information content (AvgIpc) is 2.58. The van der Waals surface area contributed by atoms with Crippen LogP contribution in [0.4, 0.5) is 5.69 Å². The summed E-state index contributed by atoms with van der Waals surface area (Å²) in [7, 11) is 0. The number of fused-ring (bicyclic) bond motifs is 1. The lowest BCUT2D eigenvalue weighted by molar-refractivity contribution is -0.119. The number of anilines is 1. The number of nitrogens with zero attached hydrogens (tertiary/aromatic N) is 1. The third-order valence-electron chi connectivity index (χ3n) is 3.90. The summed E-state index contributed by atoms with van der Waals surface area (Å²) in [6.45, 7) is 5.39. The lowest BCUT2D eigenvalue weighted by Crippen LogP contribution is -2.21. The van der Waals surface area contributed by atoms with Gasteiger partial charge >= 0.3 is 5.97 Å². The Morgan fingerprint density at radius 1 is 1.00 bits per heavy atom. The van der Waals surface area contributed by atoms with Gasteiger partial charge in [-0.25, -0.2) is 4.79 Å². The molecule has 0 aliphatic carbocycles. The van der Waals surface area contributed by atoms with Crippen LogP contribution in [0, 0.1) is 20.8 Å². The third kappa shape index (κ3) is 4.06. The van der Waals surface area contributed by atoms with Gasteiger partial charge in [0.15, 0.2) is 6.61 Å². The number of carbonyl (C=O) groups excluding carboxylic acids is 2. The fraction of sp³-hybridized carbons (Fsp3) is 0.190. The molecule has 0 atom stereocenters. The number of pyridine rings is 1. The van der Waals surface area contributed by atoms with E-state index in [0.29, 0.717) is 16.6 Å². The highest BCUT2D eigenvalue weighted by atomic mass is 16.5. The topological polar surface area (TPSA) is 68.3 Å². The summed E-state index contributed by atoms with van der Waals surface area (Å²) in [6, 6.07) is 14.8. The largest absolute Gasteiger partial charge is 0.452 e. The zero-order valence-corrected chi connectivity index (χ0v) is 15.0. The zero-order valence-electron chi connectivity index (χ0n) is 15.0. The number of hydrogen-bond donors (Lipinski definition) is 1. The van der Waals surface area contributed by atoms with Gasteiger partial charge in [-0.1, -0.05) is 24.3 Å². The van der Waals surface area contributed by atoms with Crippen molar-refractivity contribution in [1.82, 2.24) is 4.98 Å². The Bertz CT molecular complexity index is 975. The number of esters is 1. The van der Waals surface area contributed by atoms with E-state index in [0.717, 1.165) is 22.3 Å². The second kappa shape index (κ2) is 7.35. The second-order valence-electron chi connectivity index (χ2n) is 6.33. The van der Waals surface area contributed by atoms with Gasteiger partial charge in [-0.05, 0) is 56.2 Å². The van der Waals surface area contributed by atoms with Crippen molar-refractivity contribution >= 4 is 28.5 Å². The molecule has 3 aromatic rings. The van der Waals surface area contributed by atoms with E-state index >= 15 is 0 Å². The minimum Gasteiger partial charge on any atom is -0.452 e. The Kier molecular flexibility index (Phi) is 4.98. The molecule has 1 amide bonds. The lowest BCUT2D eigenvalue weighted by atomic mass is 10.1. The van der Waals surface area contributed by atoms with Crippen LogP contribution in [0.25, 0.3) is 10.9 Å². The Labute approximate surface area is 152 Å². The lowest BCUT2D eigenvalue weighted by Gasteiger charge is -2.10. The van der Waals surface area contributed by atoms with Crippen LogP contribution in [0.3, 0.4) is 0 Å². The number of ether oxygens (including phenoxy) is 1. The second-order valence-corrected chi connectivity index (χ2v) is 6.33. The van der Waals surface area contributed by atoms with Gasteiger partial charge in [0.25, 0.3) is 5.91 Å². The summed E-state index contributed by atoms with van der Waals surface area (Å²) in [6.07, 6.45) is 0. The molecule has 0 saturated heterocycles. The van der Waals surface area contributed by atoms with E-state index in [4.69, 9.17) is 4.74 Å². The maximum atomic E-state index is 12.4. The Morgan fingerprint density at radius 2 is 1.69 bits per heavy atom. The van der Waals surface area contributed by atoms with Gasteiger partial charge in [0.2, 0.25) is 0 Å². The normalized spacial score (nSPS) is 10.6. The Balaban J connectivity index is 1.70. The standard InChI is InChI=1S/C21H20N2O3/c1-13-8-14(2)10-16(9-13)23-20(24)12-26-21(25)18-11-15(3)22-19-7-5-4-6-17(18)19/h4-11H,12H2,1-3H3,(H,23,24). The molecule has 5 heteroatoms. The number of benzene rings is 2. The molecule has 0 aliphatic rings. The molecule has 0 spiro atoms. The van der Waals surface area contributed by atoms with Crippen LogP contribution in [0.1, 0.15) is 27.2 Å². The van der Waals surface area contributed by atoms with Crippen LogP contribution in [0.2, 0.25) is 0 Å². The van der Waals surface area contributed by atoms with Crippen LogP contribution in [0.15, 0.2) is 48.5 Å². The number of rotatable bonds is 4. The molecule has 0 saturated carbocycles. The van der Waals surface area contributed by atoms with E-state index in [1.807, 2.05) is 63.2 Å². The van der Waals surface area contributed by atoms with Gasteiger partial charge in [0.05, 0.1) is 11.1 Å². The van der Waals surface area contributed by atoms with Crippen LogP contribution in [-0.2, 0) is 9.53 Å². The summed E-state index contributed by atoms with van der Waals surface area (Å²) < 4.78 is 5.21. The first-order chi connectivity index (χ1) is 12.4. The van der Waals surface area contributed by atoms with Gasteiger partial charge in [0, 0.05) is 16.8 Å². The van der Waals surface area contributed by atoms with E-state index in [1.165, 1.54) is 0 Å². The van der Waals surface area contributed by atoms with Crippen molar-refractivity contribution in [2.45, 2.75) is 20.8 Å². The fourth-order valence-electron chi connectivity index (χ4n) is 2.93. The van der Waals surface area contributed by atoms with E-state index in [9.17, 15) is 9.59 Å². The predicted molar refractivity (Wildman–Crippen MR) is 101 cm³/mol. The molecule has 0 bridgehead atoms. The summed E-state index contributed by atoms with van der Waals surface area (Å²) in [5.74, 6) is -0.916. The molecule has 26 heavy (non-hydrogen) atoms. The number of aryl methyl sites for hydroxylation is 3. The molecule has 2 aromatic carbocycles. The summed E-state index contributed by atoms with van der Waals surface area (Å²) in [5, 5.41) is 3.46. The highest BCUT2D eigenvalue weighted by molar-refractivity contribution is 6.04. The van der Waals surface area contributed by atoms with Crippen LogP contribution in [0.5, 0.6) is 0 Å². The quantitative estimate of drug-likeness (QED) is 0.725. The molecule has 1 N–H and O–H groups in total. The first-order valence-electron chi connectivity index (χ1n) is 8.34. The van der Waals surface area contributed by atoms with E-state index in [-0.39, 0.29) is 12.5 Å². The van der Waals surface area contributed by atoms with Crippen molar-refractivity contribution < 1.29 is 14.3 Å². The number of aromatic nitrogens is 1. The van der Waals surface area contributed by atoms with Crippen molar-refractivity contribution in [3.05, 3.63) is 70.9 Å². The van der Waals surface area contributed by atoms with Gasteiger partial charge < -0.3 is 10.1 Å². The highest BCUT2D eigenvalue weighted by Crippen LogP contribution is 2.19. The Hall–Kier alpha value is -3.21. The number of amides is 1. The number of para-hydroxylation sites is 1. The molecule has 5 nitrogen and oxygen atoms in total. The number of carbonyl (C=O) groups is 2. The molecule has 1 aromatic heterocycles. The maximum Gasteiger partial charge on any atom is 0.339 e. The molecule has 0 fully saturated rings. The van der Waals surface area contributed by atoms with Crippen molar-refractivity contribution in [2.24, 2.45) is 0 Å². The van der Waals surface area contributed by atoms with E-state index in [2.05, 4.69) is 10.3 Å². The number of nitrogens with one attached hydrogen (secondary N) is 1. The fourth-order valence-corrected chi connectivity index (χ4v) is 2.93. The third-order valence-corrected chi connectivity index (χ3v) is 3.90. The van der Waals surface area contributed by atoms with Crippen LogP contribution in [-0.4, -0.2) is 23.5 Å². The van der Waals surface area contributed by atoms with Crippen molar-refractivity contribution in [1.29, 1.82) is 0 Å². The van der Waals surface area contributed by atoms with E-state index < -0.39 is 5.97 Å². The minimum atomic E-state index is -0.540. The average molecular weight is 348 g/mol. The SMILES string of the molecule is Cc1cc(C)cc(NC(=O)COC(=O)c2cc(C)nc3ccccc23)c1. The Morgan fingerprint density at radius 3 is 2.42 bits per heavy atom. The maximum absolute atomic E-state index is 12.4. The highest BCUT2D eigenvalue weighted by Gasteiger charge is 2.15. The number of hydrogen-bond acceptors (Lipinski definition) is 4. The van der Waals surface area contributed by atoms with Gasteiger partial charge in [-0.15, -0.1) is 0 Å². The summed E-state index contributed by atoms with van der Waals surface area (Å²) in [4.78, 5) is 28.9. The molecule has 1 heterocycles. The van der Waals surface area contributed by atoms with Crippen molar-refractivity contribution in [3.63, 3.8) is 0 Å². The first kappa shape index (κ1) is 17.6. The smallest absolute Gasteiger partial charge is 0.339 e. The molecule has 0 radical (unpaired) electrons. The molecule has 3 rings (SSSR count). The van der Waals surface area contributed by atoms with Gasteiger partial charge in [-0.2, -0.15) is 0 Å². The van der Waals surface area contributed by atoms with Crippen LogP contribution < -0.4 is 5.32 Å². The van der Waals surface area contributed by atoms with Crippen molar-refractivity contribution in [3.8, 4) is 0 Å². The van der Waals surface area contributed by atoms with E-state index in [1.54, 1.807) is 6.07 Å². The zero-order chi connectivity index (χ0) is 18.7.